The number of nitro groups is 1. The third-order valence-corrected chi connectivity index (χ3v) is 3.56. The van der Waals surface area contributed by atoms with Crippen molar-refractivity contribution in [2.24, 2.45) is 0 Å². The van der Waals surface area contributed by atoms with Crippen LogP contribution in [0.1, 0.15) is 26.7 Å². The molecule has 1 amide bonds. The smallest absolute Gasteiger partial charge is 0.366 e. The molecule has 9 nitrogen and oxygen atoms in total. The zero-order valence-corrected chi connectivity index (χ0v) is 13.0. The highest BCUT2D eigenvalue weighted by Gasteiger charge is 2.44. The van der Waals surface area contributed by atoms with Crippen LogP contribution in [0.4, 0.5) is 11.6 Å². The van der Waals surface area contributed by atoms with Gasteiger partial charge in [-0.25, -0.2) is 4.79 Å². The van der Waals surface area contributed by atoms with Crippen molar-refractivity contribution in [1.29, 1.82) is 0 Å². The SMILES string of the molecule is CCC1Oc2ccc([N+](=O)[O-])nc2N(C(CC)C(=O)OC)C1=O. The molecule has 2 rings (SSSR count). The summed E-state index contributed by atoms with van der Waals surface area (Å²) in [5.41, 5.74) is 0. The monoisotopic (exact) mass is 323 g/mol. The van der Waals surface area contributed by atoms with E-state index in [1.165, 1.54) is 19.2 Å². The van der Waals surface area contributed by atoms with Crippen LogP contribution in [-0.2, 0) is 14.3 Å². The molecule has 0 spiro atoms. The van der Waals surface area contributed by atoms with Gasteiger partial charge in [-0.3, -0.25) is 9.69 Å². The highest BCUT2D eigenvalue weighted by Crippen LogP contribution is 2.36. The average Bonchev–Trinajstić information content (AvgIpc) is 2.56. The van der Waals surface area contributed by atoms with Gasteiger partial charge in [0.1, 0.15) is 6.04 Å². The standard InChI is InChI=1S/C14H17N3O6/c1-4-8(14(19)22-3)16-12-10(23-9(5-2)13(16)18)6-7-11(15-12)17(20)21/h6-9H,4-5H2,1-3H3. The number of fused-ring (bicyclic) bond motifs is 1. The first-order chi connectivity index (χ1) is 10.9. The van der Waals surface area contributed by atoms with Crippen LogP contribution >= 0.6 is 0 Å². The van der Waals surface area contributed by atoms with E-state index >= 15 is 0 Å². The van der Waals surface area contributed by atoms with E-state index in [1.54, 1.807) is 13.8 Å². The normalized spacial score (nSPS) is 18.0. The summed E-state index contributed by atoms with van der Waals surface area (Å²) in [5.74, 6) is -1.32. The van der Waals surface area contributed by atoms with E-state index < -0.39 is 34.8 Å². The third kappa shape index (κ3) is 2.94. The molecule has 9 heteroatoms. The third-order valence-electron chi connectivity index (χ3n) is 3.56. The number of rotatable bonds is 5. The number of nitrogens with zero attached hydrogens (tertiary/aromatic N) is 3. The number of carbonyl (C=O) groups excluding carboxylic acids is 2. The van der Waals surface area contributed by atoms with Gasteiger partial charge in [0, 0.05) is 6.07 Å². The second kappa shape index (κ2) is 6.59. The van der Waals surface area contributed by atoms with Gasteiger partial charge in [-0.05, 0) is 28.8 Å². The minimum Gasteiger partial charge on any atom is -0.474 e. The Morgan fingerprint density at radius 1 is 1.52 bits per heavy atom. The Kier molecular flexibility index (Phi) is 4.77. The topological polar surface area (TPSA) is 112 Å². The van der Waals surface area contributed by atoms with Gasteiger partial charge >= 0.3 is 11.8 Å². The largest absolute Gasteiger partial charge is 0.474 e. The Bertz CT molecular complexity index is 647. The molecule has 1 aliphatic heterocycles. The van der Waals surface area contributed by atoms with Gasteiger partial charge in [-0.15, -0.1) is 0 Å². The van der Waals surface area contributed by atoms with Gasteiger partial charge < -0.3 is 19.6 Å². The molecule has 1 aromatic rings. The van der Waals surface area contributed by atoms with E-state index in [0.717, 1.165) is 4.90 Å². The lowest BCUT2D eigenvalue weighted by atomic mass is 10.1. The van der Waals surface area contributed by atoms with Crippen LogP contribution in [0.3, 0.4) is 0 Å². The van der Waals surface area contributed by atoms with Crippen molar-refractivity contribution in [3.8, 4) is 5.75 Å². The van der Waals surface area contributed by atoms with Gasteiger partial charge in [0.25, 0.3) is 11.7 Å². The van der Waals surface area contributed by atoms with Crippen molar-refractivity contribution in [3.63, 3.8) is 0 Å². The van der Waals surface area contributed by atoms with Crippen molar-refractivity contribution in [1.82, 2.24) is 4.98 Å². The molecule has 0 saturated heterocycles. The lowest BCUT2D eigenvalue weighted by Crippen LogP contribution is -2.53. The van der Waals surface area contributed by atoms with Crippen LogP contribution in [0.15, 0.2) is 12.1 Å². The zero-order chi connectivity index (χ0) is 17.1. The molecule has 2 atom stereocenters. The maximum atomic E-state index is 12.6. The molecule has 124 valence electrons. The molecule has 2 heterocycles. The van der Waals surface area contributed by atoms with Crippen LogP contribution in [0, 0.1) is 10.1 Å². The van der Waals surface area contributed by atoms with Crippen molar-refractivity contribution < 1.29 is 24.0 Å². The number of methoxy groups -OCH3 is 1. The fraction of sp³-hybridized carbons (Fsp3) is 0.500. The van der Waals surface area contributed by atoms with E-state index in [-0.39, 0.29) is 18.0 Å². The van der Waals surface area contributed by atoms with Gasteiger partial charge in [0.2, 0.25) is 0 Å². The summed E-state index contributed by atoms with van der Waals surface area (Å²) in [5, 5.41) is 10.9. The van der Waals surface area contributed by atoms with E-state index in [0.29, 0.717) is 6.42 Å². The molecule has 0 bridgehead atoms. The molecule has 0 N–H and O–H groups in total. The maximum Gasteiger partial charge on any atom is 0.366 e. The maximum absolute atomic E-state index is 12.6. The Morgan fingerprint density at radius 2 is 2.22 bits per heavy atom. The van der Waals surface area contributed by atoms with Gasteiger partial charge in [-0.2, -0.15) is 0 Å². The quantitative estimate of drug-likeness (QED) is 0.458. The fourth-order valence-electron chi connectivity index (χ4n) is 2.40. The summed E-state index contributed by atoms with van der Waals surface area (Å²) in [6, 6.07) is 1.66. The molecule has 0 aliphatic carbocycles. The minimum absolute atomic E-state index is 0.0360. The first-order valence-corrected chi connectivity index (χ1v) is 7.17. The molecule has 1 aliphatic rings. The summed E-state index contributed by atoms with van der Waals surface area (Å²) in [6.45, 7) is 3.48. The van der Waals surface area contributed by atoms with Crippen molar-refractivity contribution in [2.45, 2.75) is 38.8 Å². The number of pyridine rings is 1. The Hall–Kier alpha value is -2.71. The number of hydrogen-bond acceptors (Lipinski definition) is 7. The van der Waals surface area contributed by atoms with Crippen LogP contribution in [-0.4, -0.2) is 41.0 Å². The van der Waals surface area contributed by atoms with E-state index in [2.05, 4.69) is 4.98 Å². The second-order valence-corrected chi connectivity index (χ2v) is 4.92. The minimum atomic E-state index is -0.918. The molecular weight excluding hydrogens is 306 g/mol. The number of esters is 1. The molecule has 0 saturated carbocycles. The van der Waals surface area contributed by atoms with Crippen LogP contribution in [0.2, 0.25) is 0 Å². The highest BCUT2D eigenvalue weighted by atomic mass is 16.6. The molecule has 23 heavy (non-hydrogen) atoms. The molecular formula is C14H17N3O6. The number of ether oxygens (including phenoxy) is 2. The summed E-state index contributed by atoms with van der Waals surface area (Å²) >= 11 is 0. The number of carbonyl (C=O) groups is 2. The predicted octanol–water partition coefficient (Wildman–Crippen LogP) is 1.45. The Balaban J connectivity index is 2.58. The van der Waals surface area contributed by atoms with Crippen LogP contribution < -0.4 is 9.64 Å². The van der Waals surface area contributed by atoms with Crippen molar-refractivity contribution in [2.75, 3.05) is 12.0 Å². The van der Waals surface area contributed by atoms with Gasteiger partial charge in [0.05, 0.1) is 7.11 Å². The molecule has 0 fully saturated rings. The number of hydrogen-bond donors (Lipinski definition) is 0. The lowest BCUT2D eigenvalue weighted by molar-refractivity contribution is -0.389. The van der Waals surface area contributed by atoms with Gasteiger partial charge in [0.15, 0.2) is 11.9 Å². The average molecular weight is 323 g/mol. The van der Waals surface area contributed by atoms with Gasteiger partial charge in [-0.1, -0.05) is 13.8 Å². The first-order valence-electron chi connectivity index (χ1n) is 7.17. The van der Waals surface area contributed by atoms with E-state index in [4.69, 9.17) is 9.47 Å². The Labute approximate surface area is 132 Å². The predicted molar refractivity (Wildman–Crippen MR) is 79.2 cm³/mol. The summed E-state index contributed by atoms with van der Waals surface area (Å²) in [6.07, 6.45) is -0.105. The fourth-order valence-corrected chi connectivity index (χ4v) is 2.40. The first kappa shape index (κ1) is 16.7. The molecule has 0 aromatic carbocycles. The van der Waals surface area contributed by atoms with Crippen LogP contribution in [0.5, 0.6) is 5.75 Å². The Morgan fingerprint density at radius 3 is 2.74 bits per heavy atom. The zero-order valence-electron chi connectivity index (χ0n) is 13.0. The number of aromatic nitrogens is 1. The summed E-state index contributed by atoms with van der Waals surface area (Å²) < 4.78 is 10.3. The van der Waals surface area contributed by atoms with E-state index in [9.17, 15) is 19.7 Å². The summed E-state index contributed by atoms with van der Waals surface area (Å²) in [4.78, 5) is 39.9. The molecule has 0 radical (unpaired) electrons. The number of anilines is 1. The van der Waals surface area contributed by atoms with Crippen molar-refractivity contribution in [3.05, 3.63) is 22.2 Å². The summed E-state index contributed by atoms with van der Waals surface area (Å²) in [7, 11) is 1.22. The molecule has 1 aromatic heterocycles. The second-order valence-electron chi connectivity index (χ2n) is 4.92. The van der Waals surface area contributed by atoms with Crippen molar-refractivity contribution >= 4 is 23.5 Å². The number of amides is 1. The highest BCUT2D eigenvalue weighted by molar-refractivity contribution is 6.03. The van der Waals surface area contributed by atoms with E-state index in [1.807, 2.05) is 0 Å². The lowest BCUT2D eigenvalue weighted by Gasteiger charge is -2.34. The van der Waals surface area contributed by atoms with Crippen LogP contribution in [0.25, 0.3) is 0 Å². The molecule has 2 unspecified atom stereocenters.